The van der Waals surface area contributed by atoms with Gasteiger partial charge in [0.15, 0.2) is 0 Å². The number of benzene rings is 1. The van der Waals surface area contributed by atoms with Crippen LogP contribution in [-0.4, -0.2) is 5.97 Å². The van der Waals surface area contributed by atoms with Gasteiger partial charge >= 0.3 is 0 Å². The molecule has 0 fully saturated rings. The Hall–Kier alpha value is -1.82. The van der Waals surface area contributed by atoms with E-state index in [1.54, 1.807) is 24.3 Å². The summed E-state index contributed by atoms with van der Waals surface area (Å²) in [6, 6.07) is 8.56. The number of rotatable bonds is 2. The Morgan fingerprint density at radius 2 is 2.15 bits per heavy atom. The lowest BCUT2D eigenvalue weighted by Gasteiger charge is -2.13. The van der Waals surface area contributed by atoms with Gasteiger partial charge in [0, 0.05) is 11.9 Å². The number of hydrogen-bond donors (Lipinski definition) is 0. The molecule has 0 heterocycles. The van der Waals surface area contributed by atoms with Crippen LogP contribution in [0.15, 0.2) is 24.3 Å². The smallest absolute Gasteiger partial charge is 0.0994 e. The summed E-state index contributed by atoms with van der Waals surface area (Å²) >= 11 is 0. The van der Waals surface area contributed by atoms with Gasteiger partial charge in [0.05, 0.1) is 11.6 Å². The summed E-state index contributed by atoms with van der Waals surface area (Å²) in [4.78, 5) is 10.5. The lowest BCUT2D eigenvalue weighted by molar-refractivity contribution is -0.307. The highest BCUT2D eigenvalue weighted by Gasteiger charge is 2.09. The van der Waals surface area contributed by atoms with Gasteiger partial charge in [0.2, 0.25) is 0 Å². The molecule has 1 aromatic rings. The molecule has 0 aromatic heterocycles. The van der Waals surface area contributed by atoms with Gasteiger partial charge in [0.25, 0.3) is 0 Å². The van der Waals surface area contributed by atoms with E-state index in [1.807, 2.05) is 6.07 Å². The van der Waals surface area contributed by atoms with Crippen LogP contribution < -0.4 is 5.11 Å². The van der Waals surface area contributed by atoms with Gasteiger partial charge in [-0.15, -0.1) is 0 Å². The molecule has 0 saturated heterocycles. The Labute approximate surface area is 76.2 Å². The number of carboxylic acids is 1. The van der Waals surface area contributed by atoms with Crippen molar-refractivity contribution in [1.29, 1.82) is 5.26 Å². The first kappa shape index (κ1) is 9.27. The van der Waals surface area contributed by atoms with E-state index in [0.717, 1.165) is 0 Å². The molecule has 3 nitrogen and oxygen atoms in total. The molecular weight excluding hydrogens is 166 g/mol. The van der Waals surface area contributed by atoms with Crippen molar-refractivity contribution < 1.29 is 9.90 Å². The molecule has 1 atom stereocenters. The van der Waals surface area contributed by atoms with Crippen molar-refractivity contribution in [2.45, 2.75) is 12.8 Å². The maximum atomic E-state index is 10.5. The first-order chi connectivity index (χ1) is 6.16. The zero-order chi connectivity index (χ0) is 9.84. The number of aliphatic carboxylic acids is 1. The molecule has 0 amide bonds. The molecule has 3 heteroatoms. The first-order valence-corrected chi connectivity index (χ1v) is 3.86. The van der Waals surface area contributed by atoms with E-state index in [-0.39, 0.29) is 0 Å². The van der Waals surface area contributed by atoms with Crippen LogP contribution in [0.1, 0.15) is 24.0 Å². The highest BCUT2D eigenvalue weighted by Crippen LogP contribution is 2.18. The first-order valence-electron chi connectivity index (χ1n) is 3.86. The van der Waals surface area contributed by atoms with Gasteiger partial charge in [-0.2, -0.15) is 5.26 Å². The Balaban J connectivity index is 3.15. The van der Waals surface area contributed by atoms with Gasteiger partial charge in [-0.3, -0.25) is 0 Å². The molecule has 1 rings (SSSR count). The molecule has 0 bridgehead atoms. The van der Waals surface area contributed by atoms with Gasteiger partial charge in [-0.25, -0.2) is 0 Å². The SMILES string of the molecule is CC(C(=O)[O-])c1ccccc1C#N. The normalized spacial score (nSPS) is 11.7. The standard InChI is InChI=1S/C10H9NO2/c1-7(10(12)13)9-5-3-2-4-8(9)6-11/h2-5,7H,1H3,(H,12,13)/p-1. The molecule has 0 aliphatic carbocycles. The third-order valence-corrected chi connectivity index (χ3v) is 1.90. The lowest BCUT2D eigenvalue weighted by Crippen LogP contribution is -2.28. The van der Waals surface area contributed by atoms with Crippen molar-refractivity contribution in [3.63, 3.8) is 0 Å². The molecule has 1 aromatic carbocycles. The quantitative estimate of drug-likeness (QED) is 0.652. The molecule has 0 saturated carbocycles. The van der Waals surface area contributed by atoms with E-state index in [4.69, 9.17) is 5.26 Å². The summed E-state index contributed by atoms with van der Waals surface area (Å²) < 4.78 is 0. The number of carboxylic acid groups (broad SMARTS) is 1. The van der Waals surface area contributed by atoms with E-state index < -0.39 is 11.9 Å². The van der Waals surface area contributed by atoms with Crippen LogP contribution in [0.25, 0.3) is 0 Å². The molecule has 0 N–H and O–H groups in total. The maximum absolute atomic E-state index is 10.5. The summed E-state index contributed by atoms with van der Waals surface area (Å²) in [6.07, 6.45) is 0. The van der Waals surface area contributed by atoms with Crippen LogP contribution in [0.3, 0.4) is 0 Å². The van der Waals surface area contributed by atoms with Gasteiger partial charge in [0.1, 0.15) is 0 Å². The molecule has 1 unspecified atom stereocenters. The summed E-state index contributed by atoms with van der Waals surface area (Å²) in [5, 5.41) is 19.2. The second-order valence-electron chi connectivity index (χ2n) is 2.74. The summed E-state index contributed by atoms with van der Waals surface area (Å²) in [5.74, 6) is -1.90. The van der Waals surface area contributed by atoms with Crippen LogP contribution >= 0.6 is 0 Å². The van der Waals surface area contributed by atoms with Crippen molar-refractivity contribution in [2.75, 3.05) is 0 Å². The fourth-order valence-corrected chi connectivity index (χ4v) is 1.10. The minimum atomic E-state index is -1.16. The average molecular weight is 174 g/mol. The van der Waals surface area contributed by atoms with Crippen molar-refractivity contribution in [2.24, 2.45) is 0 Å². The number of nitrogens with zero attached hydrogens (tertiary/aromatic N) is 1. The zero-order valence-electron chi connectivity index (χ0n) is 7.15. The molecule has 13 heavy (non-hydrogen) atoms. The number of nitriles is 1. The fourth-order valence-electron chi connectivity index (χ4n) is 1.10. The molecule has 0 aliphatic rings. The van der Waals surface area contributed by atoms with Crippen molar-refractivity contribution in [3.05, 3.63) is 35.4 Å². The second-order valence-corrected chi connectivity index (χ2v) is 2.74. The lowest BCUT2D eigenvalue weighted by atomic mass is 9.97. The van der Waals surface area contributed by atoms with Crippen LogP contribution in [0.2, 0.25) is 0 Å². The molecule has 0 radical (unpaired) electrons. The number of carbonyl (C=O) groups excluding carboxylic acids is 1. The van der Waals surface area contributed by atoms with Crippen LogP contribution in [-0.2, 0) is 4.79 Å². The Morgan fingerprint density at radius 3 is 2.69 bits per heavy atom. The fraction of sp³-hybridized carbons (Fsp3) is 0.200. The highest BCUT2D eigenvalue weighted by atomic mass is 16.4. The molecule has 0 spiro atoms. The second kappa shape index (κ2) is 3.72. The van der Waals surface area contributed by atoms with E-state index in [1.165, 1.54) is 6.92 Å². The summed E-state index contributed by atoms with van der Waals surface area (Å²) in [6.45, 7) is 1.51. The monoisotopic (exact) mass is 174 g/mol. The average Bonchev–Trinajstić information content (AvgIpc) is 2.16. The number of carbonyl (C=O) groups is 1. The van der Waals surface area contributed by atoms with Crippen molar-refractivity contribution in [1.82, 2.24) is 0 Å². The van der Waals surface area contributed by atoms with E-state index in [0.29, 0.717) is 11.1 Å². The minimum Gasteiger partial charge on any atom is -0.550 e. The zero-order valence-corrected chi connectivity index (χ0v) is 7.15. The Morgan fingerprint density at radius 1 is 1.54 bits per heavy atom. The van der Waals surface area contributed by atoms with Crippen LogP contribution in [0.4, 0.5) is 0 Å². The van der Waals surface area contributed by atoms with Crippen molar-refractivity contribution in [3.8, 4) is 6.07 Å². The van der Waals surface area contributed by atoms with E-state index in [9.17, 15) is 9.90 Å². The van der Waals surface area contributed by atoms with Crippen LogP contribution in [0.5, 0.6) is 0 Å². The minimum absolute atomic E-state index is 0.388. The summed E-state index contributed by atoms with van der Waals surface area (Å²) in [7, 11) is 0. The van der Waals surface area contributed by atoms with E-state index >= 15 is 0 Å². The molecule has 66 valence electrons. The third-order valence-electron chi connectivity index (χ3n) is 1.90. The maximum Gasteiger partial charge on any atom is 0.0994 e. The summed E-state index contributed by atoms with van der Waals surface area (Å²) in [5.41, 5.74) is 0.893. The molecule has 0 aliphatic heterocycles. The highest BCUT2D eigenvalue weighted by molar-refractivity contribution is 5.74. The predicted molar refractivity (Wildman–Crippen MR) is 44.6 cm³/mol. The Kier molecular flexibility index (Phi) is 2.65. The predicted octanol–water partition coefficient (Wildman–Crippen LogP) is 0.412. The van der Waals surface area contributed by atoms with Gasteiger partial charge in [-0.05, 0) is 11.6 Å². The largest absolute Gasteiger partial charge is 0.550 e. The Bertz CT molecular complexity index is 365. The number of hydrogen-bond acceptors (Lipinski definition) is 3. The van der Waals surface area contributed by atoms with Crippen molar-refractivity contribution >= 4 is 5.97 Å². The van der Waals surface area contributed by atoms with Gasteiger partial charge < -0.3 is 9.90 Å². The van der Waals surface area contributed by atoms with Crippen LogP contribution in [0, 0.1) is 11.3 Å². The van der Waals surface area contributed by atoms with E-state index in [2.05, 4.69) is 0 Å². The topological polar surface area (TPSA) is 63.9 Å². The third kappa shape index (κ3) is 1.85. The van der Waals surface area contributed by atoms with Gasteiger partial charge in [-0.1, -0.05) is 25.1 Å². The molecular formula is C10H8NO2-.